The van der Waals surface area contributed by atoms with E-state index in [0.717, 1.165) is 12.1 Å². The number of hydrogen-bond donors (Lipinski definition) is 4. The zero-order valence-corrected chi connectivity index (χ0v) is 9.01. The molecule has 0 heterocycles. The molecule has 0 saturated carbocycles. The van der Waals surface area contributed by atoms with E-state index in [1.54, 1.807) is 0 Å². The highest BCUT2D eigenvalue weighted by atomic mass is 19.1. The van der Waals surface area contributed by atoms with E-state index in [-0.39, 0.29) is 23.4 Å². The van der Waals surface area contributed by atoms with Crippen LogP contribution in [0.5, 0.6) is 11.5 Å². The molecule has 0 unspecified atom stereocenters. The second-order valence-electron chi connectivity index (χ2n) is 2.98. The number of methoxy groups -OCH3 is 1. The van der Waals surface area contributed by atoms with Crippen molar-refractivity contribution in [3.63, 3.8) is 0 Å². The molecular weight excluding hydrogens is 229 g/mol. The van der Waals surface area contributed by atoms with E-state index >= 15 is 0 Å². The molecule has 7 nitrogen and oxygen atoms in total. The average molecular weight is 241 g/mol. The minimum absolute atomic E-state index is 0.0917. The van der Waals surface area contributed by atoms with Gasteiger partial charge in [-0.3, -0.25) is 0 Å². The molecule has 0 bridgehead atoms. The van der Waals surface area contributed by atoms with E-state index in [0.29, 0.717) is 0 Å². The zero-order chi connectivity index (χ0) is 13.0. The number of aromatic hydroxyl groups is 1. The van der Waals surface area contributed by atoms with Crippen LogP contribution in [-0.4, -0.2) is 24.1 Å². The maximum Gasteiger partial charge on any atom is 0.223 e. The van der Waals surface area contributed by atoms with Crippen molar-refractivity contribution in [2.24, 2.45) is 27.2 Å². The molecule has 1 rings (SSSR count). The Kier molecular flexibility index (Phi) is 3.70. The van der Waals surface area contributed by atoms with Gasteiger partial charge in [0.25, 0.3) is 0 Å². The van der Waals surface area contributed by atoms with Crippen LogP contribution in [0.1, 0.15) is 0 Å². The van der Waals surface area contributed by atoms with Crippen molar-refractivity contribution >= 4 is 17.6 Å². The maximum absolute atomic E-state index is 13.0. The fourth-order valence-corrected chi connectivity index (χ4v) is 1.06. The molecule has 92 valence electrons. The highest BCUT2D eigenvalue weighted by Gasteiger charge is 2.09. The van der Waals surface area contributed by atoms with E-state index in [1.165, 1.54) is 7.11 Å². The lowest BCUT2D eigenvalue weighted by Gasteiger charge is -2.05. The van der Waals surface area contributed by atoms with E-state index in [2.05, 4.69) is 9.98 Å². The van der Waals surface area contributed by atoms with Gasteiger partial charge in [0, 0.05) is 12.1 Å². The van der Waals surface area contributed by atoms with Crippen LogP contribution < -0.4 is 21.9 Å². The number of halogens is 1. The van der Waals surface area contributed by atoms with Crippen molar-refractivity contribution in [3.8, 4) is 11.5 Å². The Morgan fingerprint density at radius 2 is 2.00 bits per heavy atom. The Labute approximate surface area is 96.4 Å². The Bertz CT molecular complexity index is 483. The van der Waals surface area contributed by atoms with Crippen molar-refractivity contribution in [3.05, 3.63) is 17.9 Å². The van der Waals surface area contributed by atoms with Crippen LogP contribution in [-0.2, 0) is 0 Å². The first-order valence-electron chi connectivity index (χ1n) is 4.44. The summed E-state index contributed by atoms with van der Waals surface area (Å²) >= 11 is 0. The quantitative estimate of drug-likeness (QED) is 0.419. The van der Waals surface area contributed by atoms with Gasteiger partial charge in [-0.15, -0.1) is 0 Å². The Morgan fingerprint density at radius 3 is 2.53 bits per heavy atom. The number of hydrogen-bond acceptors (Lipinski definition) is 3. The Morgan fingerprint density at radius 1 is 1.35 bits per heavy atom. The monoisotopic (exact) mass is 241 g/mol. The second-order valence-corrected chi connectivity index (χ2v) is 2.98. The molecule has 1 aromatic carbocycles. The minimum Gasteiger partial charge on any atom is -0.505 e. The Hall–Kier alpha value is -2.51. The molecule has 0 atom stereocenters. The SMILES string of the molecule is COc1cc(F)c(O)cc1N=C(N)N=C(N)N. The number of aliphatic imine (C=N–C) groups is 2. The molecule has 0 spiro atoms. The van der Waals surface area contributed by atoms with Gasteiger partial charge in [-0.05, 0) is 0 Å². The molecule has 7 N–H and O–H groups in total. The third kappa shape index (κ3) is 3.23. The molecule has 0 aliphatic heterocycles. The standard InChI is InChI=1S/C9H12FN5O2/c1-17-7-2-4(10)6(16)3-5(7)14-9(13)15-8(11)12/h2-3,16H,1H3,(H6,11,12,13,14,15). The fraction of sp³-hybridized carbons (Fsp3) is 0.111. The molecule has 8 heteroatoms. The van der Waals surface area contributed by atoms with Crippen molar-refractivity contribution in [1.82, 2.24) is 0 Å². The highest BCUT2D eigenvalue weighted by molar-refractivity contribution is 5.93. The van der Waals surface area contributed by atoms with Crippen LogP contribution in [0, 0.1) is 5.82 Å². The van der Waals surface area contributed by atoms with Crippen LogP contribution in [0.4, 0.5) is 10.1 Å². The van der Waals surface area contributed by atoms with Crippen molar-refractivity contribution in [1.29, 1.82) is 0 Å². The van der Waals surface area contributed by atoms with E-state index in [9.17, 15) is 9.50 Å². The van der Waals surface area contributed by atoms with Gasteiger partial charge in [-0.25, -0.2) is 9.38 Å². The molecule has 0 amide bonds. The van der Waals surface area contributed by atoms with Crippen molar-refractivity contribution in [2.75, 3.05) is 7.11 Å². The first-order chi connectivity index (χ1) is 7.93. The first-order valence-corrected chi connectivity index (χ1v) is 4.44. The predicted molar refractivity (Wildman–Crippen MR) is 61.7 cm³/mol. The third-order valence-electron chi connectivity index (χ3n) is 1.73. The summed E-state index contributed by atoms with van der Waals surface area (Å²) in [4.78, 5) is 7.24. The van der Waals surface area contributed by atoms with Crippen molar-refractivity contribution in [2.45, 2.75) is 0 Å². The number of nitrogens with zero attached hydrogens (tertiary/aromatic N) is 2. The summed E-state index contributed by atoms with van der Waals surface area (Å²) in [5, 5.41) is 9.19. The number of rotatable bonds is 2. The second kappa shape index (κ2) is 5.01. The predicted octanol–water partition coefficient (Wildman–Crippen LogP) is -0.241. The molecule has 0 saturated heterocycles. The summed E-state index contributed by atoms with van der Waals surface area (Å²) < 4.78 is 17.9. The van der Waals surface area contributed by atoms with E-state index in [1.807, 2.05) is 0 Å². The van der Waals surface area contributed by atoms with Crippen molar-refractivity contribution < 1.29 is 14.2 Å². The molecule has 1 aromatic rings. The summed E-state index contributed by atoms with van der Waals surface area (Å²) in [5.74, 6) is -1.83. The minimum atomic E-state index is -0.832. The highest BCUT2D eigenvalue weighted by Crippen LogP contribution is 2.33. The van der Waals surface area contributed by atoms with Crippen LogP contribution in [0.3, 0.4) is 0 Å². The summed E-state index contributed by atoms with van der Waals surface area (Å²) in [6, 6.07) is 2.01. The van der Waals surface area contributed by atoms with Gasteiger partial charge in [-0.1, -0.05) is 0 Å². The lowest BCUT2D eigenvalue weighted by atomic mass is 10.2. The molecule has 0 fully saturated rings. The van der Waals surface area contributed by atoms with E-state index < -0.39 is 11.6 Å². The maximum atomic E-state index is 13.0. The van der Waals surface area contributed by atoms with Gasteiger partial charge in [0.1, 0.15) is 11.4 Å². The largest absolute Gasteiger partial charge is 0.505 e. The summed E-state index contributed by atoms with van der Waals surface area (Å²) in [6.45, 7) is 0. The normalized spacial score (nSPS) is 11.1. The third-order valence-corrected chi connectivity index (χ3v) is 1.73. The summed E-state index contributed by atoms with van der Waals surface area (Å²) in [6.07, 6.45) is 0. The molecule has 0 aliphatic rings. The molecule has 0 aromatic heterocycles. The summed E-state index contributed by atoms with van der Waals surface area (Å²) in [5.41, 5.74) is 15.7. The van der Waals surface area contributed by atoms with Crippen LogP contribution in [0.2, 0.25) is 0 Å². The van der Waals surface area contributed by atoms with Gasteiger partial charge in [0.15, 0.2) is 17.5 Å². The van der Waals surface area contributed by atoms with Crippen LogP contribution in [0.25, 0.3) is 0 Å². The number of phenolic OH excluding ortho intramolecular Hbond substituents is 1. The molecule has 0 aliphatic carbocycles. The topological polar surface area (TPSA) is 132 Å². The van der Waals surface area contributed by atoms with Gasteiger partial charge in [0.2, 0.25) is 5.96 Å². The van der Waals surface area contributed by atoms with Gasteiger partial charge >= 0.3 is 0 Å². The van der Waals surface area contributed by atoms with Gasteiger partial charge < -0.3 is 27.0 Å². The zero-order valence-electron chi connectivity index (χ0n) is 9.01. The average Bonchev–Trinajstić information content (AvgIpc) is 2.21. The van der Waals surface area contributed by atoms with Crippen LogP contribution >= 0.6 is 0 Å². The smallest absolute Gasteiger partial charge is 0.223 e. The lowest BCUT2D eigenvalue weighted by Crippen LogP contribution is -2.26. The van der Waals surface area contributed by atoms with Gasteiger partial charge in [0.05, 0.1) is 7.11 Å². The fourth-order valence-electron chi connectivity index (χ4n) is 1.06. The number of nitrogens with two attached hydrogens (primary N) is 3. The summed E-state index contributed by atoms with van der Waals surface area (Å²) in [7, 11) is 1.32. The first kappa shape index (κ1) is 12.6. The molecule has 17 heavy (non-hydrogen) atoms. The Balaban J connectivity index is 3.22. The number of phenols is 1. The number of ether oxygens (including phenoxy) is 1. The molecular formula is C9H12FN5O2. The van der Waals surface area contributed by atoms with Gasteiger partial charge in [-0.2, -0.15) is 4.99 Å². The lowest BCUT2D eigenvalue weighted by molar-refractivity contribution is 0.400. The number of guanidine groups is 2. The molecule has 0 radical (unpaired) electrons. The van der Waals surface area contributed by atoms with Crippen LogP contribution in [0.15, 0.2) is 22.1 Å². The van der Waals surface area contributed by atoms with E-state index in [4.69, 9.17) is 21.9 Å². The number of benzene rings is 1.